The Morgan fingerprint density at radius 2 is 1.71 bits per heavy atom. The summed E-state index contributed by atoms with van der Waals surface area (Å²) in [5.74, 6) is 0. The number of aryl methyl sites for hydroxylation is 1. The van der Waals surface area contributed by atoms with Gasteiger partial charge in [0.25, 0.3) is 0 Å². The lowest BCUT2D eigenvalue weighted by Crippen LogP contribution is -2.50. The third-order valence-electron chi connectivity index (χ3n) is 4.70. The van der Waals surface area contributed by atoms with Crippen LogP contribution >= 0.6 is 0 Å². The van der Waals surface area contributed by atoms with Crippen LogP contribution in [0.4, 0.5) is 10.5 Å². The van der Waals surface area contributed by atoms with E-state index in [1.807, 2.05) is 42.2 Å². The highest BCUT2D eigenvalue weighted by atomic mass is 16.2. The quantitative estimate of drug-likeness (QED) is 0.929. The maximum Gasteiger partial charge on any atom is 0.321 e. The third-order valence-corrected chi connectivity index (χ3v) is 4.70. The summed E-state index contributed by atoms with van der Waals surface area (Å²) in [5.41, 5.74) is 3.34. The Bertz CT molecular complexity index is 678. The van der Waals surface area contributed by atoms with Crippen molar-refractivity contribution < 1.29 is 4.79 Å². The van der Waals surface area contributed by atoms with Crippen LogP contribution in [0.3, 0.4) is 0 Å². The van der Waals surface area contributed by atoms with E-state index in [0.717, 1.165) is 37.4 Å². The number of amides is 2. The minimum Gasteiger partial charge on any atom is -0.322 e. The van der Waals surface area contributed by atoms with Crippen LogP contribution in [0.2, 0.25) is 0 Å². The molecule has 1 aliphatic rings. The average molecular weight is 323 g/mol. The Hall–Kier alpha value is -2.33. The van der Waals surface area contributed by atoms with E-state index in [1.165, 1.54) is 5.56 Å². The van der Waals surface area contributed by atoms with Crippen LogP contribution in [0.25, 0.3) is 0 Å². The van der Waals surface area contributed by atoms with E-state index in [9.17, 15) is 4.79 Å². The molecule has 3 rings (SSSR count). The van der Waals surface area contributed by atoms with Crippen LogP contribution < -0.4 is 5.32 Å². The molecule has 2 amide bonds. The van der Waals surface area contributed by atoms with Crippen molar-refractivity contribution in [3.05, 3.63) is 65.7 Å². The smallest absolute Gasteiger partial charge is 0.321 e. The molecule has 1 aliphatic heterocycles. The number of carbonyl (C=O) groups is 1. The van der Waals surface area contributed by atoms with Gasteiger partial charge in [-0.25, -0.2) is 4.79 Å². The number of rotatable bonds is 3. The molecule has 2 aromatic rings. The van der Waals surface area contributed by atoms with Crippen LogP contribution in [0.5, 0.6) is 0 Å². The lowest BCUT2D eigenvalue weighted by molar-refractivity contribution is 0.119. The first-order chi connectivity index (χ1) is 11.6. The molecule has 4 nitrogen and oxygen atoms in total. The van der Waals surface area contributed by atoms with Crippen molar-refractivity contribution in [3.63, 3.8) is 0 Å². The highest BCUT2D eigenvalue weighted by molar-refractivity contribution is 5.89. The highest BCUT2D eigenvalue weighted by Crippen LogP contribution is 2.21. The van der Waals surface area contributed by atoms with Gasteiger partial charge in [0, 0.05) is 37.9 Å². The Morgan fingerprint density at radius 3 is 2.38 bits per heavy atom. The fraction of sp³-hybridized carbons (Fsp3) is 0.350. The predicted octanol–water partition coefficient (Wildman–Crippen LogP) is 3.91. The van der Waals surface area contributed by atoms with Crippen LogP contribution in [0.15, 0.2) is 54.6 Å². The zero-order valence-electron chi connectivity index (χ0n) is 14.4. The van der Waals surface area contributed by atoms with Gasteiger partial charge >= 0.3 is 6.03 Å². The van der Waals surface area contributed by atoms with Crippen molar-refractivity contribution in [1.82, 2.24) is 9.80 Å². The van der Waals surface area contributed by atoms with Gasteiger partial charge in [0.15, 0.2) is 0 Å². The second-order valence-electron chi connectivity index (χ2n) is 6.41. The molecular weight excluding hydrogens is 298 g/mol. The molecular formula is C20H25N3O. The zero-order valence-corrected chi connectivity index (χ0v) is 14.4. The van der Waals surface area contributed by atoms with Gasteiger partial charge in [-0.15, -0.1) is 0 Å². The average Bonchev–Trinajstić information content (AvgIpc) is 2.62. The first kappa shape index (κ1) is 16.5. The standard InChI is InChI=1S/C20H25N3O/c1-16-7-6-10-19(15-16)21-20(24)23-13-11-22(12-14-23)17(2)18-8-4-3-5-9-18/h3-10,15,17H,11-14H2,1-2H3,(H,21,24). The molecule has 24 heavy (non-hydrogen) atoms. The van der Waals surface area contributed by atoms with Crippen molar-refractivity contribution in [1.29, 1.82) is 0 Å². The van der Waals surface area contributed by atoms with Crippen molar-refractivity contribution in [2.24, 2.45) is 0 Å². The number of urea groups is 1. The Morgan fingerprint density at radius 1 is 1.00 bits per heavy atom. The minimum atomic E-state index is -0.00684. The molecule has 4 heteroatoms. The molecule has 0 aliphatic carbocycles. The van der Waals surface area contributed by atoms with Gasteiger partial charge in [-0.1, -0.05) is 42.5 Å². The number of benzene rings is 2. The normalized spacial score (nSPS) is 16.7. The number of nitrogens with one attached hydrogen (secondary N) is 1. The lowest BCUT2D eigenvalue weighted by Gasteiger charge is -2.38. The number of nitrogens with zero attached hydrogens (tertiary/aromatic N) is 2. The van der Waals surface area contributed by atoms with Crippen LogP contribution in [-0.2, 0) is 0 Å². The Labute approximate surface area is 144 Å². The van der Waals surface area contributed by atoms with Crippen molar-refractivity contribution in [2.45, 2.75) is 19.9 Å². The molecule has 1 unspecified atom stereocenters. The van der Waals surface area contributed by atoms with E-state index in [4.69, 9.17) is 0 Å². The van der Waals surface area contributed by atoms with E-state index < -0.39 is 0 Å². The first-order valence-electron chi connectivity index (χ1n) is 8.55. The van der Waals surface area contributed by atoms with E-state index in [2.05, 4.69) is 41.4 Å². The molecule has 1 fully saturated rings. The van der Waals surface area contributed by atoms with Gasteiger partial charge in [-0.3, -0.25) is 4.90 Å². The maximum atomic E-state index is 12.4. The Balaban J connectivity index is 1.54. The van der Waals surface area contributed by atoms with Gasteiger partial charge in [-0.2, -0.15) is 0 Å². The predicted molar refractivity (Wildman–Crippen MR) is 98.2 cm³/mol. The van der Waals surface area contributed by atoms with Gasteiger partial charge in [0.2, 0.25) is 0 Å². The summed E-state index contributed by atoms with van der Waals surface area (Å²) in [5, 5.41) is 3.00. The summed E-state index contributed by atoms with van der Waals surface area (Å²) >= 11 is 0. The second-order valence-corrected chi connectivity index (χ2v) is 6.41. The van der Waals surface area contributed by atoms with E-state index in [1.54, 1.807) is 0 Å². The summed E-state index contributed by atoms with van der Waals surface area (Å²) in [6.45, 7) is 7.58. The fourth-order valence-corrected chi connectivity index (χ4v) is 3.18. The maximum absolute atomic E-state index is 12.4. The molecule has 2 aromatic carbocycles. The third kappa shape index (κ3) is 3.95. The molecule has 0 spiro atoms. The summed E-state index contributed by atoms with van der Waals surface area (Å²) in [7, 11) is 0. The SMILES string of the molecule is Cc1cccc(NC(=O)N2CCN(C(C)c3ccccc3)CC2)c1. The molecule has 0 saturated carbocycles. The number of piperazine rings is 1. The summed E-state index contributed by atoms with van der Waals surface area (Å²) in [4.78, 5) is 16.8. The number of anilines is 1. The summed E-state index contributed by atoms with van der Waals surface area (Å²) in [6.07, 6.45) is 0. The molecule has 1 heterocycles. The molecule has 0 radical (unpaired) electrons. The first-order valence-corrected chi connectivity index (χ1v) is 8.55. The minimum absolute atomic E-state index is 0.00684. The van der Waals surface area contributed by atoms with Crippen LogP contribution in [0.1, 0.15) is 24.1 Å². The molecule has 1 saturated heterocycles. The summed E-state index contributed by atoms with van der Waals surface area (Å²) in [6, 6.07) is 18.8. The zero-order chi connectivity index (χ0) is 16.9. The number of hydrogen-bond acceptors (Lipinski definition) is 2. The van der Waals surface area contributed by atoms with E-state index in [0.29, 0.717) is 6.04 Å². The van der Waals surface area contributed by atoms with Gasteiger partial charge < -0.3 is 10.2 Å². The number of hydrogen-bond donors (Lipinski definition) is 1. The van der Waals surface area contributed by atoms with Crippen molar-refractivity contribution in [2.75, 3.05) is 31.5 Å². The monoisotopic (exact) mass is 323 g/mol. The molecule has 0 bridgehead atoms. The van der Waals surface area contributed by atoms with Gasteiger partial charge in [0.05, 0.1) is 0 Å². The molecule has 126 valence electrons. The van der Waals surface area contributed by atoms with Crippen molar-refractivity contribution in [3.8, 4) is 0 Å². The Kier molecular flexibility index (Phi) is 5.16. The molecule has 1 atom stereocenters. The van der Waals surface area contributed by atoms with Gasteiger partial charge in [0.1, 0.15) is 0 Å². The second kappa shape index (κ2) is 7.49. The van der Waals surface area contributed by atoms with E-state index >= 15 is 0 Å². The summed E-state index contributed by atoms with van der Waals surface area (Å²) < 4.78 is 0. The fourth-order valence-electron chi connectivity index (χ4n) is 3.18. The van der Waals surface area contributed by atoms with Crippen LogP contribution in [0, 0.1) is 6.92 Å². The largest absolute Gasteiger partial charge is 0.322 e. The highest BCUT2D eigenvalue weighted by Gasteiger charge is 2.24. The topological polar surface area (TPSA) is 35.6 Å². The van der Waals surface area contributed by atoms with Crippen molar-refractivity contribution >= 4 is 11.7 Å². The van der Waals surface area contributed by atoms with Crippen LogP contribution in [-0.4, -0.2) is 42.0 Å². The molecule has 1 N–H and O–H groups in total. The van der Waals surface area contributed by atoms with Gasteiger partial charge in [-0.05, 0) is 37.1 Å². The number of carbonyl (C=O) groups excluding carboxylic acids is 1. The lowest BCUT2D eigenvalue weighted by atomic mass is 10.1. The molecule has 0 aromatic heterocycles. The van der Waals surface area contributed by atoms with E-state index in [-0.39, 0.29) is 6.03 Å².